The molecule has 0 amide bonds. The van der Waals surface area contributed by atoms with Crippen molar-refractivity contribution in [2.75, 3.05) is 14.2 Å². The van der Waals surface area contributed by atoms with Crippen LogP contribution in [0.4, 0.5) is 0 Å². The first kappa shape index (κ1) is 17.5. The van der Waals surface area contributed by atoms with Crippen LogP contribution >= 0.6 is 0 Å². The number of hydrogen-bond acceptors (Lipinski definition) is 6. The quantitative estimate of drug-likeness (QED) is 0.572. The van der Waals surface area contributed by atoms with Crippen molar-refractivity contribution in [3.63, 3.8) is 0 Å². The Kier molecular flexibility index (Phi) is 3.27. The minimum atomic E-state index is -1.42. The van der Waals surface area contributed by atoms with Gasteiger partial charge in [-0.05, 0) is 39.2 Å². The zero-order chi connectivity index (χ0) is 19.2. The van der Waals surface area contributed by atoms with Gasteiger partial charge < -0.3 is 19.7 Å². The molecule has 0 saturated heterocycles. The van der Waals surface area contributed by atoms with E-state index in [1.165, 1.54) is 14.2 Å². The Morgan fingerprint density at radius 1 is 1.15 bits per heavy atom. The normalized spacial score (nSPS) is 39.1. The van der Waals surface area contributed by atoms with E-state index in [0.717, 1.165) is 29.6 Å². The second-order valence-corrected chi connectivity index (χ2v) is 8.13. The van der Waals surface area contributed by atoms with Crippen LogP contribution in [-0.4, -0.2) is 48.1 Å². The molecule has 6 heteroatoms. The summed E-state index contributed by atoms with van der Waals surface area (Å²) in [6, 6.07) is 0. The Morgan fingerprint density at radius 2 is 1.73 bits per heavy atom. The molecule has 0 aromatic carbocycles. The van der Waals surface area contributed by atoms with Gasteiger partial charge in [0.05, 0.1) is 36.4 Å². The molecule has 4 aliphatic rings. The standard InChI is InChI=1S/C20H24O6/c1-9-8-20-13(10(2)19(6-7-19)18(3,24)17(20)23)11(9)12(15(21)25-4)14(20)16(22)26-5/h8,11,17,23-24H,6-7H2,1-5H3/t11?,17?,18-,20?/m0/s1. The third-order valence-electron chi connectivity index (χ3n) is 7.22. The van der Waals surface area contributed by atoms with Crippen LogP contribution in [0.3, 0.4) is 0 Å². The van der Waals surface area contributed by atoms with Gasteiger partial charge in [-0.1, -0.05) is 17.2 Å². The van der Waals surface area contributed by atoms with Gasteiger partial charge >= 0.3 is 11.9 Å². The summed E-state index contributed by atoms with van der Waals surface area (Å²) >= 11 is 0. The molecule has 26 heavy (non-hydrogen) atoms. The monoisotopic (exact) mass is 360 g/mol. The number of methoxy groups -OCH3 is 2. The first-order valence-electron chi connectivity index (χ1n) is 8.84. The smallest absolute Gasteiger partial charge is 0.335 e. The third-order valence-corrected chi connectivity index (χ3v) is 7.22. The van der Waals surface area contributed by atoms with Crippen molar-refractivity contribution in [2.45, 2.75) is 45.3 Å². The van der Waals surface area contributed by atoms with E-state index < -0.39 is 40.4 Å². The molecule has 4 aliphatic carbocycles. The van der Waals surface area contributed by atoms with E-state index in [-0.39, 0.29) is 11.1 Å². The molecule has 0 heterocycles. The molecule has 0 aromatic heterocycles. The van der Waals surface area contributed by atoms with E-state index in [1.807, 2.05) is 19.9 Å². The topological polar surface area (TPSA) is 93.1 Å². The molecule has 4 atom stereocenters. The van der Waals surface area contributed by atoms with Crippen LogP contribution in [0.15, 0.2) is 33.9 Å². The fourth-order valence-corrected chi connectivity index (χ4v) is 5.88. The van der Waals surface area contributed by atoms with Crippen molar-refractivity contribution in [3.05, 3.63) is 33.9 Å². The highest BCUT2D eigenvalue weighted by molar-refractivity contribution is 6.07. The van der Waals surface area contributed by atoms with Gasteiger partial charge in [0.2, 0.25) is 0 Å². The van der Waals surface area contributed by atoms with Crippen LogP contribution in [-0.2, 0) is 19.1 Å². The van der Waals surface area contributed by atoms with Gasteiger partial charge in [-0.15, -0.1) is 0 Å². The van der Waals surface area contributed by atoms with Crippen molar-refractivity contribution >= 4 is 11.9 Å². The highest BCUT2D eigenvalue weighted by atomic mass is 16.5. The highest BCUT2D eigenvalue weighted by Gasteiger charge is 2.74. The van der Waals surface area contributed by atoms with E-state index in [9.17, 15) is 19.8 Å². The van der Waals surface area contributed by atoms with Crippen LogP contribution in [0, 0.1) is 16.7 Å². The fraction of sp³-hybridized carbons (Fsp3) is 0.600. The molecule has 1 fully saturated rings. The zero-order valence-corrected chi connectivity index (χ0v) is 15.7. The first-order chi connectivity index (χ1) is 12.1. The second-order valence-electron chi connectivity index (χ2n) is 8.13. The predicted molar refractivity (Wildman–Crippen MR) is 91.7 cm³/mol. The average Bonchev–Trinajstić information content (AvgIpc) is 3.31. The van der Waals surface area contributed by atoms with E-state index in [2.05, 4.69) is 0 Å². The van der Waals surface area contributed by atoms with Crippen molar-refractivity contribution in [2.24, 2.45) is 16.7 Å². The predicted octanol–water partition coefficient (Wildman–Crippen LogP) is 1.43. The molecule has 3 unspecified atom stereocenters. The number of aliphatic hydroxyl groups excluding tert-OH is 1. The Labute approximate surface area is 152 Å². The van der Waals surface area contributed by atoms with Crippen LogP contribution < -0.4 is 0 Å². The molecule has 4 rings (SSSR count). The molecule has 6 nitrogen and oxygen atoms in total. The lowest BCUT2D eigenvalue weighted by molar-refractivity contribution is -0.148. The van der Waals surface area contributed by atoms with Gasteiger partial charge in [-0.3, -0.25) is 0 Å². The van der Waals surface area contributed by atoms with Crippen LogP contribution in [0.5, 0.6) is 0 Å². The molecule has 140 valence electrons. The number of hydrogen-bond donors (Lipinski definition) is 2. The summed E-state index contributed by atoms with van der Waals surface area (Å²) in [5, 5.41) is 22.7. The summed E-state index contributed by atoms with van der Waals surface area (Å²) in [5.41, 5.74) is -0.168. The number of esters is 2. The Hall–Kier alpha value is -1.92. The molecule has 0 radical (unpaired) electrons. The summed E-state index contributed by atoms with van der Waals surface area (Å²) in [4.78, 5) is 25.3. The van der Waals surface area contributed by atoms with Gasteiger partial charge in [0.15, 0.2) is 0 Å². The molecular formula is C20H24O6. The fourth-order valence-electron chi connectivity index (χ4n) is 5.88. The Morgan fingerprint density at radius 3 is 2.23 bits per heavy atom. The molecule has 1 saturated carbocycles. The molecule has 2 N–H and O–H groups in total. The van der Waals surface area contributed by atoms with E-state index in [1.54, 1.807) is 6.92 Å². The van der Waals surface area contributed by atoms with Crippen molar-refractivity contribution in [1.29, 1.82) is 0 Å². The van der Waals surface area contributed by atoms with Gasteiger partial charge in [0, 0.05) is 11.3 Å². The minimum Gasteiger partial charge on any atom is -0.466 e. The Balaban J connectivity index is 2.09. The molecule has 0 aromatic rings. The molecule has 2 bridgehead atoms. The summed E-state index contributed by atoms with van der Waals surface area (Å²) in [7, 11) is 2.52. The summed E-state index contributed by atoms with van der Waals surface area (Å²) < 4.78 is 9.92. The number of carbonyl (C=O) groups is 2. The van der Waals surface area contributed by atoms with Crippen LogP contribution in [0.2, 0.25) is 0 Å². The van der Waals surface area contributed by atoms with Gasteiger partial charge in [-0.2, -0.15) is 0 Å². The van der Waals surface area contributed by atoms with Crippen LogP contribution in [0.1, 0.15) is 33.6 Å². The molecule has 1 spiro atoms. The van der Waals surface area contributed by atoms with Gasteiger partial charge in [-0.25, -0.2) is 9.59 Å². The summed E-state index contributed by atoms with van der Waals surface area (Å²) in [6.45, 7) is 5.45. The number of carbonyl (C=O) groups excluding carboxylic acids is 2. The third kappa shape index (κ3) is 1.57. The summed E-state index contributed by atoms with van der Waals surface area (Å²) in [6.07, 6.45) is 2.11. The van der Waals surface area contributed by atoms with Crippen LogP contribution in [0.25, 0.3) is 0 Å². The number of ether oxygens (including phenoxy) is 2. The highest BCUT2D eigenvalue weighted by Crippen LogP contribution is 2.74. The minimum absolute atomic E-state index is 0.0973. The molecular weight excluding hydrogens is 336 g/mol. The zero-order valence-electron chi connectivity index (χ0n) is 15.7. The number of rotatable bonds is 2. The van der Waals surface area contributed by atoms with Gasteiger partial charge in [0.1, 0.15) is 6.10 Å². The van der Waals surface area contributed by atoms with Crippen molar-refractivity contribution < 1.29 is 29.3 Å². The van der Waals surface area contributed by atoms with Crippen molar-refractivity contribution in [1.82, 2.24) is 0 Å². The van der Waals surface area contributed by atoms with E-state index >= 15 is 0 Å². The van der Waals surface area contributed by atoms with Crippen molar-refractivity contribution in [3.8, 4) is 0 Å². The first-order valence-corrected chi connectivity index (χ1v) is 8.84. The lowest BCUT2D eigenvalue weighted by Gasteiger charge is -2.51. The maximum Gasteiger partial charge on any atom is 0.335 e. The maximum absolute atomic E-state index is 12.7. The SMILES string of the molecule is COC(=O)C1=C(C(=O)OC)C23C=C(C)C1C2=C(C)C1(CC1)[C@@](C)(O)C3O. The van der Waals surface area contributed by atoms with Gasteiger partial charge in [0.25, 0.3) is 0 Å². The largest absolute Gasteiger partial charge is 0.466 e. The lowest BCUT2D eigenvalue weighted by Crippen LogP contribution is -2.60. The summed E-state index contributed by atoms with van der Waals surface area (Å²) in [5.74, 6) is -1.70. The number of aliphatic hydroxyl groups is 2. The maximum atomic E-state index is 12.7. The number of allylic oxidation sites excluding steroid dienone is 1. The average molecular weight is 360 g/mol. The Bertz CT molecular complexity index is 838. The van der Waals surface area contributed by atoms with E-state index in [0.29, 0.717) is 0 Å². The van der Waals surface area contributed by atoms with E-state index in [4.69, 9.17) is 9.47 Å². The molecule has 0 aliphatic heterocycles. The lowest BCUT2D eigenvalue weighted by atomic mass is 9.57. The second kappa shape index (κ2) is 4.87.